The molecule has 0 heterocycles. The van der Waals surface area contributed by atoms with Gasteiger partial charge in [-0.3, -0.25) is 0 Å². The molecule has 0 aromatic heterocycles. The smallest absolute Gasteiger partial charge is 0.0328 e. The van der Waals surface area contributed by atoms with Crippen molar-refractivity contribution in [2.24, 2.45) is 0 Å². The summed E-state index contributed by atoms with van der Waals surface area (Å²) in [4.78, 5) is 2.43. The van der Waals surface area contributed by atoms with Crippen LogP contribution in [0.5, 0.6) is 0 Å². The maximum absolute atomic E-state index is 3.68. The Bertz CT molecular complexity index is 437. The molecule has 1 aromatic carbocycles. The Kier molecular flexibility index (Phi) is 5.65. The molecule has 1 fully saturated rings. The number of hydrogen-bond acceptors (Lipinski definition) is 2. The van der Waals surface area contributed by atoms with Crippen LogP contribution in [-0.2, 0) is 6.54 Å². The molecule has 0 atom stereocenters. The van der Waals surface area contributed by atoms with Crippen LogP contribution >= 0.6 is 15.9 Å². The minimum Gasteiger partial charge on any atom is -0.311 e. The summed E-state index contributed by atoms with van der Waals surface area (Å²) in [5.41, 5.74) is 3.01. The van der Waals surface area contributed by atoms with Crippen LogP contribution in [0.15, 0.2) is 22.7 Å². The van der Waals surface area contributed by atoms with Crippen LogP contribution in [0.3, 0.4) is 0 Å². The van der Waals surface area contributed by atoms with Crippen molar-refractivity contribution in [3.63, 3.8) is 0 Å². The van der Waals surface area contributed by atoms with Gasteiger partial charge < -0.3 is 10.2 Å². The Balaban J connectivity index is 1.91. The highest BCUT2D eigenvalue weighted by molar-refractivity contribution is 9.10. The summed E-state index contributed by atoms with van der Waals surface area (Å²) < 4.78 is 1.21. The van der Waals surface area contributed by atoms with E-state index < -0.39 is 0 Å². The molecule has 0 saturated heterocycles. The van der Waals surface area contributed by atoms with E-state index in [4.69, 9.17) is 0 Å². The summed E-state index contributed by atoms with van der Waals surface area (Å²) in [7, 11) is 4.46. The number of hydrogen-bond donors (Lipinski definition) is 1. The van der Waals surface area contributed by atoms with Gasteiger partial charge in [0.1, 0.15) is 0 Å². The number of aryl methyl sites for hydroxylation is 1. The lowest BCUT2D eigenvalue weighted by atomic mass is 9.80. The average molecular weight is 339 g/mol. The Hall–Kier alpha value is -0.380. The van der Waals surface area contributed by atoms with Gasteiger partial charge in [0.05, 0.1) is 0 Å². The molecule has 1 N–H and O–H groups in total. The molecule has 3 heteroatoms. The molecule has 2 rings (SSSR count). The molecule has 20 heavy (non-hydrogen) atoms. The van der Waals surface area contributed by atoms with Crippen molar-refractivity contribution in [3.05, 3.63) is 33.8 Å². The first-order chi connectivity index (χ1) is 9.53. The van der Waals surface area contributed by atoms with E-state index in [1.807, 2.05) is 0 Å². The molecule has 0 amide bonds. The van der Waals surface area contributed by atoms with Crippen molar-refractivity contribution in [2.75, 3.05) is 20.6 Å². The Morgan fingerprint density at radius 3 is 2.50 bits per heavy atom. The van der Waals surface area contributed by atoms with E-state index in [1.165, 1.54) is 47.7 Å². The molecule has 0 radical (unpaired) electrons. The number of nitrogens with zero attached hydrogens (tertiary/aromatic N) is 1. The third-order valence-corrected chi connectivity index (χ3v) is 5.61. The molecule has 0 spiro atoms. The molecule has 0 bridgehead atoms. The Labute approximate surface area is 132 Å². The third-order valence-electron chi connectivity index (χ3n) is 4.75. The molecule has 2 nitrogen and oxygen atoms in total. The lowest BCUT2D eigenvalue weighted by Gasteiger charge is -2.43. The van der Waals surface area contributed by atoms with E-state index in [1.54, 1.807) is 0 Å². The molecule has 0 aliphatic heterocycles. The number of benzene rings is 1. The molecule has 1 saturated carbocycles. The van der Waals surface area contributed by atoms with Gasteiger partial charge in [-0.25, -0.2) is 0 Å². The molecule has 1 aromatic rings. The minimum atomic E-state index is 0.361. The van der Waals surface area contributed by atoms with Crippen LogP contribution in [0.1, 0.15) is 43.2 Å². The second-order valence-corrected chi connectivity index (χ2v) is 7.22. The summed E-state index contributed by atoms with van der Waals surface area (Å²) in [5.74, 6) is 0. The normalized spacial score (nSPS) is 18.4. The van der Waals surface area contributed by atoms with Crippen molar-refractivity contribution in [3.8, 4) is 0 Å². The van der Waals surface area contributed by atoms with Crippen molar-refractivity contribution in [1.82, 2.24) is 10.2 Å². The topological polar surface area (TPSA) is 15.3 Å². The van der Waals surface area contributed by atoms with E-state index in [2.05, 4.69) is 65.4 Å². The van der Waals surface area contributed by atoms with Crippen molar-refractivity contribution in [1.29, 1.82) is 0 Å². The molecule has 112 valence electrons. The van der Waals surface area contributed by atoms with Gasteiger partial charge in [-0.1, -0.05) is 47.3 Å². The second kappa shape index (κ2) is 7.06. The first kappa shape index (κ1) is 16.0. The highest BCUT2D eigenvalue weighted by atomic mass is 79.9. The summed E-state index contributed by atoms with van der Waals surface area (Å²) in [6.07, 6.45) is 6.79. The first-order valence-electron chi connectivity index (χ1n) is 7.67. The lowest BCUT2D eigenvalue weighted by Crippen LogP contribution is -2.52. The third kappa shape index (κ3) is 3.84. The van der Waals surface area contributed by atoms with E-state index >= 15 is 0 Å². The zero-order valence-corrected chi connectivity index (χ0v) is 14.6. The van der Waals surface area contributed by atoms with Gasteiger partial charge in [-0.05, 0) is 51.1 Å². The summed E-state index contributed by atoms with van der Waals surface area (Å²) in [5, 5.41) is 3.68. The van der Waals surface area contributed by atoms with Crippen molar-refractivity contribution < 1.29 is 0 Å². The fraction of sp³-hybridized carbons (Fsp3) is 0.647. The zero-order chi connectivity index (χ0) is 14.6. The largest absolute Gasteiger partial charge is 0.311 e. The maximum Gasteiger partial charge on any atom is 0.0328 e. The first-order valence-corrected chi connectivity index (χ1v) is 8.46. The van der Waals surface area contributed by atoms with Crippen LogP contribution in [0.2, 0.25) is 0 Å². The fourth-order valence-corrected chi connectivity index (χ4v) is 3.60. The van der Waals surface area contributed by atoms with E-state index in [0.717, 1.165) is 13.1 Å². The van der Waals surface area contributed by atoms with Crippen LogP contribution in [0.25, 0.3) is 0 Å². The number of halogens is 1. The van der Waals surface area contributed by atoms with E-state index in [9.17, 15) is 0 Å². The SMILES string of the molecule is Cc1ccc(CNCC2(N(C)C)CCCCC2)cc1Br. The van der Waals surface area contributed by atoms with Crippen LogP contribution < -0.4 is 5.32 Å². The molecular weight excluding hydrogens is 312 g/mol. The van der Waals surface area contributed by atoms with Crippen LogP contribution in [0, 0.1) is 6.92 Å². The fourth-order valence-electron chi connectivity index (χ4n) is 3.18. The van der Waals surface area contributed by atoms with Gasteiger partial charge in [-0.15, -0.1) is 0 Å². The number of nitrogens with one attached hydrogen (secondary N) is 1. The number of rotatable bonds is 5. The highest BCUT2D eigenvalue weighted by Gasteiger charge is 2.33. The van der Waals surface area contributed by atoms with Gasteiger partial charge in [0, 0.05) is 23.1 Å². The molecule has 0 unspecified atom stereocenters. The zero-order valence-electron chi connectivity index (χ0n) is 13.0. The predicted molar refractivity (Wildman–Crippen MR) is 90.1 cm³/mol. The molecular formula is C17H27BrN2. The van der Waals surface area contributed by atoms with Gasteiger partial charge in [0.25, 0.3) is 0 Å². The molecule has 1 aliphatic carbocycles. The van der Waals surface area contributed by atoms with Gasteiger partial charge in [0.2, 0.25) is 0 Å². The minimum absolute atomic E-state index is 0.361. The molecule has 1 aliphatic rings. The van der Waals surface area contributed by atoms with E-state index in [-0.39, 0.29) is 0 Å². The van der Waals surface area contributed by atoms with Crippen LogP contribution in [0.4, 0.5) is 0 Å². The van der Waals surface area contributed by atoms with Crippen LogP contribution in [-0.4, -0.2) is 31.1 Å². The second-order valence-electron chi connectivity index (χ2n) is 6.37. The average Bonchev–Trinajstić information content (AvgIpc) is 2.44. The van der Waals surface area contributed by atoms with Gasteiger partial charge in [-0.2, -0.15) is 0 Å². The Morgan fingerprint density at radius 1 is 1.20 bits per heavy atom. The standard InChI is InChI=1S/C17H27BrN2/c1-14-7-8-15(11-16(14)18)12-19-13-17(20(2)3)9-5-4-6-10-17/h7-8,11,19H,4-6,9-10,12-13H2,1-3H3. The lowest BCUT2D eigenvalue weighted by molar-refractivity contribution is 0.0984. The predicted octanol–water partition coefficient (Wildman–Crippen LogP) is 4.11. The quantitative estimate of drug-likeness (QED) is 0.868. The van der Waals surface area contributed by atoms with Crippen molar-refractivity contribution >= 4 is 15.9 Å². The summed E-state index contributed by atoms with van der Waals surface area (Å²) in [6.45, 7) is 4.17. The van der Waals surface area contributed by atoms with Crippen molar-refractivity contribution in [2.45, 2.75) is 51.1 Å². The van der Waals surface area contributed by atoms with Gasteiger partial charge >= 0.3 is 0 Å². The van der Waals surface area contributed by atoms with E-state index in [0.29, 0.717) is 5.54 Å². The summed E-state index contributed by atoms with van der Waals surface area (Å²) >= 11 is 3.61. The monoisotopic (exact) mass is 338 g/mol. The maximum atomic E-state index is 3.68. The number of likely N-dealkylation sites (N-methyl/N-ethyl adjacent to an activating group) is 1. The van der Waals surface area contributed by atoms with Gasteiger partial charge in [0.15, 0.2) is 0 Å². The highest BCUT2D eigenvalue weighted by Crippen LogP contribution is 2.31. The Morgan fingerprint density at radius 2 is 1.90 bits per heavy atom. The summed E-state index contributed by atoms with van der Waals surface area (Å²) in [6, 6.07) is 6.63.